The van der Waals surface area contributed by atoms with E-state index in [2.05, 4.69) is 38.1 Å². The van der Waals surface area contributed by atoms with Crippen molar-refractivity contribution >= 4 is 0 Å². The van der Waals surface area contributed by atoms with E-state index in [-0.39, 0.29) is 17.4 Å². The monoisotopic (exact) mass is 369 g/mol. The molecule has 0 amide bonds. The molecule has 0 bridgehead atoms. The minimum Gasteiger partial charge on any atom is -0.313 e. The van der Waals surface area contributed by atoms with Crippen LogP contribution in [0.4, 0.5) is 0 Å². The minimum absolute atomic E-state index is 0.209. The van der Waals surface area contributed by atoms with E-state index in [0.29, 0.717) is 11.3 Å². The summed E-state index contributed by atoms with van der Waals surface area (Å²) in [6.07, 6.45) is 2.26. The van der Waals surface area contributed by atoms with Crippen molar-refractivity contribution in [3.63, 3.8) is 0 Å². The zero-order valence-electron chi connectivity index (χ0n) is 15.0. The number of hydrogen-bond acceptors (Lipinski definition) is 5. The Hall–Kier alpha value is -3.97. The Balaban J connectivity index is 1.57. The van der Waals surface area contributed by atoms with Crippen molar-refractivity contribution in [1.82, 2.24) is 20.2 Å². The van der Waals surface area contributed by atoms with Crippen molar-refractivity contribution in [1.29, 1.82) is 5.26 Å². The molecule has 136 valence electrons. The largest absolute Gasteiger partial charge is 0.325 e. The number of aryl methyl sites for hydroxylation is 1. The van der Waals surface area contributed by atoms with Crippen molar-refractivity contribution in [2.45, 2.75) is 19.3 Å². The fourth-order valence-corrected chi connectivity index (χ4v) is 3.08. The van der Waals surface area contributed by atoms with E-state index in [1.165, 1.54) is 6.20 Å². The molecule has 1 aliphatic rings. The molecule has 7 heteroatoms. The van der Waals surface area contributed by atoms with E-state index in [1.807, 2.05) is 25.1 Å². The van der Waals surface area contributed by atoms with Crippen LogP contribution in [0.15, 0.2) is 46.1 Å². The topological polar surface area (TPSA) is 115 Å². The number of nitriles is 1. The second-order valence-corrected chi connectivity index (χ2v) is 6.66. The molecule has 2 aromatic heterocycles. The number of benzene rings is 1. The van der Waals surface area contributed by atoms with Crippen molar-refractivity contribution in [3.05, 3.63) is 79.8 Å². The Morgan fingerprint density at radius 2 is 1.89 bits per heavy atom. The Bertz CT molecular complexity index is 1270. The molecule has 2 heterocycles. The lowest BCUT2D eigenvalue weighted by Crippen LogP contribution is -2.23. The average molecular weight is 369 g/mol. The van der Waals surface area contributed by atoms with Crippen LogP contribution in [0.5, 0.6) is 0 Å². The first-order valence-electron chi connectivity index (χ1n) is 8.73. The maximum atomic E-state index is 12.0. The molecule has 0 aliphatic heterocycles. The van der Waals surface area contributed by atoms with E-state index in [4.69, 9.17) is 5.26 Å². The van der Waals surface area contributed by atoms with Gasteiger partial charge in [0.1, 0.15) is 5.69 Å². The quantitative estimate of drug-likeness (QED) is 0.669. The van der Waals surface area contributed by atoms with Crippen molar-refractivity contribution < 1.29 is 0 Å². The third-order valence-electron chi connectivity index (χ3n) is 4.72. The van der Waals surface area contributed by atoms with Gasteiger partial charge in [-0.1, -0.05) is 11.8 Å². The van der Waals surface area contributed by atoms with Crippen molar-refractivity contribution in [2.24, 2.45) is 5.92 Å². The summed E-state index contributed by atoms with van der Waals surface area (Å²) in [6, 6.07) is 11.1. The summed E-state index contributed by atoms with van der Waals surface area (Å²) in [5.41, 5.74) is 2.92. The van der Waals surface area contributed by atoms with Crippen molar-refractivity contribution in [2.75, 3.05) is 0 Å². The highest BCUT2D eigenvalue weighted by Gasteiger charge is 2.38. The lowest BCUT2D eigenvalue weighted by atomic mass is 10.1. The molecule has 2 N–H and O–H groups in total. The third kappa shape index (κ3) is 3.46. The van der Waals surface area contributed by atoms with Crippen LogP contribution in [0.3, 0.4) is 0 Å². The zero-order valence-corrected chi connectivity index (χ0v) is 15.0. The summed E-state index contributed by atoms with van der Waals surface area (Å²) in [4.78, 5) is 27.9. The van der Waals surface area contributed by atoms with E-state index in [0.717, 1.165) is 23.2 Å². The van der Waals surface area contributed by atoms with Gasteiger partial charge in [-0.25, -0.2) is 4.79 Å². The standard InChI is InChI=1S/C21H15N5O2/c1-12-16(9-19(26-25-12)18-11-23-21(28)24-20(18)27)17-8-15(17)7-6-13-2-4-14(10-22)5-3-13/h2-5,9,11,15,17H,8H2,1H3,(H2,23,24,27,28)/t15-,17-/m0/s1. The molecule has 7 nitrogen and oxygen atoms in total. The molecule has 0 spiro atoms. The molecule has 1 saturated carbocycles. The van der Waals surface area contributed by atoms with E-state index in [1.54, 1.807) is 12.1 Å². The number of H-pyrrole nitrogens is 2. The predicted octanol–water partition coefficient (Wildman–Crippen LogP) is 1.86. The van der Waals surface area contributed by atoms with Crippen LogP contribution >= 0.6 is 0 Å². The fraction of sp³-hybridized carbons (Fsp3) is 0.190. The van der Waals surface area contributed by atoms with Gasteiger partial charge >= 0.3 is 5.69 Å². The molecule has 0 unspecified atom stereocenters. The number of nitrogens with one attached hydrogen (secondary N) is 2. The van der Waals surface area contributed by atoms with Gasteiger partial charge in [-0.15, -0.1) is 5.10 Å². The minimum atomic E-state index is -0.561. The molecule has 0 saturated heterocycles. The summed E-state index contributed by atoms with van der Waals surface area (Å²) in [6.45, 7) is 1.88. The summed E-state index contributed by atoms with van der Waals surface area (Å²) in [5.74, 6) is 6.86. The summed E-state index contributed by atoms with van der Waals surface area (Å²) in [5, 5.41) is 17.1. The second kappa shape index (κ2) is 6.98. The first kappa shape index (κ1) is 17.4. The highest BCUT2D eigenvalue weighted by Crippen LogP contribution is 2.48. The van der Waals surface area contributed by atoms with Gasteiger partial charge in [0.15, 0.2) is 0 Å². The predicted molar refractivity (Wildman–Crippen MR) is 102 cm³/mol. The SMILES string of the molecule is Cc1nnc(-c2c[nH]c(=O)[nH]c2=O)cc1[C@H]1C[C@@H]1C#Cc1ccc(C#N)cc1. The summed E-state index contributed by atoms with van der Waals surface area (Å²) >= 11 is 0. The Labute approximate surface area is 160 Å². The lowest BCUT2D eigenvalue weighted by molar-refractivity contribution is 0.912. The Morgan fingerprint density at radius 1 is 1.14 bits per heavy atom. The van der Waals surface area contributed by atoms with Gasteiger partial charge in [0.25, 0.3) is 5.56 Å². The molecule has 1 aliphatic carbocycles. The van der Waals surface area contributed by atoms with Gasteiger partial charge < -0.3 is 4.98 Å². The normalized spacial score (nSPS) is 17.3. The number of hydrogen-bond donors (Lipinski definition) is 2. The van der Waals surface area contributed by atoms with Gasteiger partial charge in [-0.3, -0.25) is 9.78 Å². The number of rotatable bonds is 2. The van der Waals surface area contributed by atoms with E-state index < -0.39 is 11.2 Å². The van der Waals surface area contributed by atoms with Crippen LogP contribution in [-0.2, 0) is 0 Å². The lowest BCUT2D eigenvalue weighted by Gasteiger charge is -2.05. The number of aromatic amines is 2. The number of aromatic nitrogens is 4. The first-order valence-corrected chi connectivity index (χ1v) is 8.73. The van der Waals surface area contributed by atoms with Crippen LogP contribution in [-0.4, -0.2) is 20.2 Å². The molecule has 2 atom stereocenters. The Kier molecular flexibility index (Phi) is 4.35. The van der Waals surface area contributed by atoms with Crippen LogP contribution in [0.25, 0.3) is 11.3 Å². The van der Waals surface area contributed by atoms with Gasteiger partial charge in [0.2, 0.25) is 0 Å². The van der Waals surface area contributed by atoms with Gasteiger partial charge in [-0.2, -0.15) is 10.4 Å². The van der Waals surface area contributed by atoms with Crippen LogP contribution < -0.4 is 11.2 Å². The molecular weight excluding hydrogens is 354 g/mol. The highest BCUT2D eigenvalue weighted by atomic mass is 16.2. The molecule has 1 fully saturated rings. The molecular formula is C21H15N5O2. The zero-order chi connectivity index (χ0) is 19.7. The summed E-state index contributed by atoms with van der Waals surface area (Å²) < 4.78 is 0. The fourth-order valence-electron chi connectivity index (χ4n) is 3.08. The first-order chi connectivity index (χ1) is 13.5. The maximum Gasteiger partial charge on any atom is 0.325 e. The molecule has 28 heavy (non-hydrogen) atoms. The number of nitrogens with zero attached hydrogens (tertiary/aromatic N) is 3. The van der Waals surface area contributed by atoms with Crippen LogP contribution in [0.1, 0.15) is 34.7 Å². The van der Waals surface area contributed by atoms with E-state index in [9.17, 15) is 9.59 Å². The van der Waals surface area contributed by atoms with Gasteiger partial charge in [0, 0.05) is 23.6 Å². The van der Waals surface area contributed by atoms with Crippen molar-refractivity contribution in [3.8, 4) is 29.2 Å². The maximum absolute atomic E-state index is 12.0. The highest BCUT2D eigenvalue weighted by molar-refractivity contribution is 5.58. The van der Waals surface area contributed by atoms with E-state index >= 15 is 0 Å². The average Bonchev–Trinajstić information content (AvgIpc) is 3.47. The smallest absolute Gasteiger partial charge is 0.313 e. The van der Waals surface area contributed by atoms with Gasteiger partial charge in [-0.05, 0) is 49.2 Å². The molecule has 1 aromatic carbocycles. The summed E-state index contributed by atoms with van der Waals surface area (Å²) in [7, 11) is 0. The van der Waals surface area contributed by atoms with Crippen LogP contribution in [0.2, 0.25) is 0 Å². The molecule has 0 radical (unpaired) electrons. The Morgan fingerprint density at radius 3 is 2.61 bits per heavy atom. The molecule has 3 aromatic rings. The van der Waals surface area contributed by atoms with Crippen LogP contribution in [0, 0.1) is 36.0 Å². The van der Waals surface area contributed by atoms with Gasteiger partial charge in [0.05, 0.1) is 22.9 Å². The third-order valence-corrected chi connectivity index (χ3v) is 4.72. The second-order valence-electron chi connectivity index (χ2n) is 6.66. The molecule has 4 rings (SSSR count).